The first-order chi connectivity index (χ1) is 9.37. The molecule has 2 rings (SSSR count). The van der Waals surface area contributed by atoms with Gasteiger partial charge >= 0.3 is 0 Å². The third-order valence-corrected chi connectivity index (χ3v) is 7.55. The zero-order valence-electron chi connectivity index (χ0n) is 14.8. The molecule has 0 aromatic heterocycles. The zero-order valence-corrected chi connectivity index (χ0v) is 14.8. The van der Waals surface area contributed by atoms with Gasteiger partial charge in [0.2, 0.25) is 0 Å². The molecule has 0 radical (unpaired) electrons. The monoisotopic (exact) mass is 278 g/mol. The Bertz CT molecular complexity index is 257. The van der Waals surface area contributed by atoms with Gasteiger partial charge in [-0.1, -0.05) is 73.1 Å². The lowest BCUT2D eigenvalue weighted by atomic mass is 9.53. The van der Waals surface area contributed by atoms with E-state index in [-0.39, 0.29) is 0 Å². The second-order valence-corrected chi connectivity index (χ2v) is 9.03. The smallest absolute Gasteiger partial charge is 0.0295 e. The van der Waals surface area contributed by atoms with Crippen molar-refractivity contribution in [1.82, 2.24) is 0 Å². The zero-order chi connectivity index (χ0) is 14.8. The summed E-state index contributed by atoms with van der Waals surface area (Å²) in [6.45, 7) is 12.9. The van der Waals surface area contributed by atoms with Crippen molar-refractivity contribution in [3.05, 3.63) is 0 Å². The van der Waals surface area contributed by atoms with Crippen LogP contribution in [0, 0.1) is 28.6 Å². The van der Waals surface area contributed by atoms with Crippen molar-refractivity contribution in [3.8, 4) is 0 Å². The summed E-state index contributed by atoms with van der Waals surface area (Å²) in [5.41, 5.74) is 1.03. The van der Waals surface area contributed by atoms with E-state index < -0.39 is 0 Å². The molecular weight excluding hydrogens is 240 g/mol. The average molecular weight is 279 g/mol. The minimum atomic E-state index is 0.515. The van der Waals surface area contributed by atoms with Crippen LogP contribution in [0.4, 0.5) is 0 Å². The Morgan fingerprint density at radius 3 is 1.20 bits per heavy atom. The van der Waals surface area contributed by atoms with Gasteiger partial charge in [0.25, 0.3) is 0 Å². The minimum absolute atomic E-state index is 0.515. The lowest BCUT2D eigenvalue weighted by Gasteiger charge is -2.52. The summed E-state index contributed by atoms with van der Waals surface area (Å²) in [6.07, 6.45) is 14.8. The number of hydrogen-bond donors (Lipinski definition) is 0. The Kier molecular flexibility index (Phi) is 5.24. The van der Waals surface area contributed by atoms with E-state index in [0.717, 1.165) is 17.8 Å². The topological polar surface area (TPSA) is 0 Å². The van der Waals surface area contributed by atoms with Gasteiger partial charge in [-0.15, -0.1) is 0 Å². The van der Waals surface area contributed by atoms with Crippen molar-refractivity contribution in [1.29, 1.82) is 0 Å². The van der Waals surface area contributed by atoms with Gasteiger partial charge in [0.05, 0.1) is 0 Å². The molecule has 0 N–H and O–H groups in total. The van der Waals surface area contributed by atoms with E-state index >= 15 is 0 Å². The molecule has 118 valence electrons. The lowest BCUT2D eigenvalue weighted by molar-refractivity contribution is -0.0236. The van der Waals surface area contributed by atoms with Gasteiger partial charge in [-0.3, -0.25) is 0 Å². The predicted octanol–water partition coefficient (Wildman–Crippen LogP) is 6.84. The summed E-state index contributed by atoms with van der Waals surface area (Å²) < 4.78 is 0. The molecule has 0 amide bonds. The van der Waals surface area contributed by atoms with Gasteiger partial charge in [0.15, 0.2) is 0 Å². The number of rotatable bonds is 4. The molecule has 0 aliphatic heterocycles. The Hall–Kier alpha value is 0. The Labute approximate surface area is 128 Å². The van der Waals surface area contributed by atoms with Crippen LogP contribution in [0.1, 0.15) is 98.8 Å². The van der Waals surface area contributed by atoms with Crippen LogP contribution >= 0.6 is 0 Å². The van der Waals surface area contributed by atoms with E-state index in [2.05, 4.69) is 34.6 Å². The Morgan fingerprint density at radius 2 is 0.900 bits per heavy atom. The molecule has 2 aliphatic carbocycles. The second-order valence-electron chi connectivity index (χ2n) is 9.03. The van der Waals surface area contributed by atoms with Crippen molar-refractivity contribution in [2.45, 2.75) is 98.8 Å². The highest BCUT2D eigenvalue weighted by atomic mass is 14.5. The molecule has 0 unspecified atom stereocenters. The predicted molar refractivity (Wildman–Crippen MR) is 89.9 cm³/mol. The van der Waals surface area contributed by atoms with Crippen LogP contribution in [0.5, 0.6) is 0 Å². The van der Waals surface area contributed by atoms with E-state index in [9.17, 15) is 0 Å². The maximum absolute atomic E-state index is 2.58. The molecular formula is C20H38. The van der Waals surface area contributed by atoms with E-state index in [1.165, 1.54) is 64.2 Å². The largest absolute Gasteiger partial charge is 0.0615 e. The molecule has 2 aliphatic rings. The van der Waals surface area contributed by atoms with Crippen LogP contribution in [0.15, 0.2) is 0 Å². The molecule has 0 saturated heterocycles. The summed E-state index contributed by atoms with van der Waals surface area (Å²) >= 11 is 0. The van der Waals surface area contributed by atoms with Crippen LogP contribution in [0.3, 0.4) is 0 Å². The molecule has 0 heterocycles. The molecule has 0 atom stereocenters. The van der Waals surface area contributed by atoms with Gasteiger partial charge in [0, 0.05) is 0 Å². The third kappa shape index (κ3) is 3.25. The van der Waals surface area contributed by atoms with E-state index in [1.54, 1.807) is 0 Å². The molecule has 20 heavy (non-hydrogen) atoms. The van der Waals surface area contributed by atoms with E-state index in [0.29, 0.717) is 10.8 Å². The number of hydrogen-bond acceptors (Lipinski definition) is 0. The summed E-state index contributed by atoms with van der Waals surface area (Å²) in [4.78, 5) is 0. The van der Waals surface area contributed by atoms with Crippen LogP contribution in [0.25, 0.3) is 0 Å². The fourth-order valence-corrected chi connectivity index (χ4v) is 5.36. The second kappa shape index (κ2) is 6.41. The van der Waals surface area contributed by atoms with Gasteiger partial charge in [-0.05, 0) is 54.3 Å². The van der Waals surface area contributed by atoms with Gasteiger partial charge in [0.1, 0.15) is 0 Å². The van der Waals surface area contributed by atoms with Crippen LogP contribution in [0.2, 0.25) is 0 Å². The molecule has 0 spiro atoms. The minimum Gasteiger partial charge on any atom is -0.0615 e. The SMILES string of the molecule is CC(C(C)(C)C1CCCCC1)C(C)(C)C1CCCCC1. The van der Waals surface area contributed by atoms with Crippen LogP contribution in [-0.4, -0.2) is 0 Å². The first-order valence-electron chi connectivity index (χ1n) is 9.37. The fraction of sp³-hybridized carbons (Fsp3) is 1.00. The lowest BCUT2D eigenvalue weighted by Crippen LogP contribution is -2.44. The van der Waals surface area contributed by atoms with Crippen molar-refractivity contribution in [2.75, 3.05) is 0 Å². The molecule has 2 saturated carbocycles. The quantitative estimate of drug-likeness (QED) is 0.528. The molecule has 0 aromatic rings. The molecule has 2 fully saturated rings. The molecule has 0 aromatic carbocycles. The molecule has 0 bridgehead atoms. The molecule has 0 nitrogen and oxygen atoms in total. The van der Waals surface area contributed by atoms with Crippen LogP contribution < -0.4 is 0 Å². The maximum Gasteiger partial charge on any atom is -0.0295 e. The van der Waals surface area contributed by atoms with Crippen molar-refractivity contribution in [3.63, 3.8) is 0 Å². The van der Waals surface area contributed by atoms with Crippen LogP contribution in [-0.2, 0) is 0 Å². The normalized spacial score (nSPS) is 24.3. The summed E-state index contributed by atoms with van der Waals surface area (Å²) in [5.74, 6) is 2.77. The van der Waals surface area contributed by atoms with Gasteiger partial charge in [-0.25, -0.2) is 0 Å². The van der Waals surface area contributed by atoms with E-state index in [4.69, 9.17) is 0 Å². The third-order valence-electron chi connectivity index (χ3n) is 7.55. The van der Waals surface area contributed by atoms with Crippen molar-refractivity contribution < 1.29 is 0 Å². The highest BCUT2D eigenvalue weighted by Crippen LogP contribution is 2.54. The van der Waals surface area contributed by atoms with E-state index in [1.807, 2.05) is 0 Å². The summed E-state index contributed by atoms with van der Waals surface area (Å²) in [7, 11) is 0. The van der Waals surface area contributed by atoms with Crippen molar-refractivity contribution >= 4 is 0 Å². The highest BCUT2D eigenvalue weighted by Gasteiger charge is 2.45. The average Bonchev–Trinajstić information content (AvgIpc) is 2.48. The highest BCUT2D eigenvalue weighted by molar-refractivity contribution is 4.94. The summed E-state index contributed by atoms with van der Waals surface area (Å²) in [5, 5.41) is 0. The fourth-order valence-electron chi connectivity index (χ4n) is 5.36. The first-order valence-corrected chi connectivity index (χ1v) is 9.37. The summed E-state index contributed by atoms with van der Waals surface area (Å²) in [6, 6.07) is 0. The first kappa shape index (κ1) is 16.4. The standard InChI is InChI=1S/C20H38/c1-16(19(2,3)17-12-8-6-9-13-17)20(4,5)18-14-10-7-11-15-18/h16-18H,6-15H2,1-5H3. The Morgan fingerprint density at radius 1 is 0.600 bits per heavy atom. The maximum atomic E-state index is 2.58. The van der Waals surface area contributed by atoms with Gasteiger partial charge in [-0.2, -0.15) is 0 Å². The molecule has 0 heteroatoms. The van der Waals surface area contributed by atoms with Crippen molar-refractivity contribution in [2.24, 2.45) is 28.6 Å². The van der Waals surface area contributed by atoms with Gasteiger partial charge < -0.3 is 0 Å². The Balaban J connectivity index is 2.08.